The van der Waals surface area contributed by atoms with E-state index >= 15 is 0 Å². The molecule has 15 heteroatoms. The number of carbonyl (C=O) groups is 1. The van der Waals surface area contributed by atoms with Gasteiger partial charge in [0.05, 0.1) is 26.4 Å². The first-order valence-electron chi connectivity index (χ1n) is 31.9. The van der Waals surface area contributed by atoms with Crippen LogP contribution in [-0.4, -0.2) is 46.7 Å². The molecule has 13 nitrogen and oxygen atoms in total. The molecule has 0 saturated heterocycles. The Morgan fingerprint density at radius 1 is 0.537 bits per heavy atom. The summed E-state index contributed by atoms with van der Waals surface area (Å²) in [4.78, 5) is 23.4. The molecular formula is C80H82N8O5S2. The number of hydrogen-bond donors (Lipinski definition) is 0. The quantitative estimate of drug-likeness (QED) is 0.0157. The Kier molecular flexibility index (Phi) is 29.2. The van der Waals surface area contributed by atoms with E-state index in [4.69, 9.17) is 36.0 Å². The SMILES string of the molecule is CC1=C(C#N)C(=C(C#N)C#N)OC1(C)c1ccccc1.CCCCN(CCCC)c1ccc(/C=C/c2ccc(/C=C/C=O)s2)c(OC)c1.[C-]#[N+]C1=C(/C=C/C=C/c2ccc(/C=C/c3ccc(N(CCCC)CCCC)cc3OC)s2)C(C)(c2ccccc2)OC1=C(C#N)C#N. The highest BCUT2D eigenvalue weighted by atomic mass is 32.1. The minimum atomic E-state index is -1.02. The number of nitrogens with zero attached hydrogens (tertiary/aromatic N) is 8. The van der Waals surface area contributed by atoms with E-state index in [0.29, 0.717) is 11.1 Å². The minimum absolute atomic E-state index is 0.0197. The van der Waals surface area contributed by atoms with Crippen LogP contribution in [0, 0.1) is 63.2 Å². The van der Waals surface area contributed by atoms with Crippen molar-refractivity contribution in [3.05, 3.63) is 244 Å². The molecule has 2 unspecified atom stereocenters. The van der Waals surface area contributed by atoms with Gasteiger partial charge in [-0.3, -0.25) is 4.79 Å². The van der Waals surface area contributed by atoms with Gasteiger partial charge < -0.3 is 28.7 Å². The van der Waals surface area contributed by atoms with Gasteiger partial charge >= 0.3 is 0 Å². The second kappa shape index (κ2) is 37.8. The average Bonchev–Trinajstić information content (AvgIpc) is 1.62. The molecule has 0 saturated carbocycles. The first kappa shape index (κ1) is 73.4. The zero-order chi connectivity index (χ0) is 68.6. The summed E-state index contributed by atoms with van der Waals surface area (Å²) in [5.74, 6) is 1.84. The number of nitriles is 5. The molecule has 6 aromatic rings. The second-order valence-electron chi connectivity index (χ2n) is 22.4. The molecule has 0 fully saturated rings. The van der Waals surface area contributed by atoms with E-state index in [1.165, 1.54) is 68.8 Å². The fourth-order valence-corrected chi connectivity index (χ4v) is 12.2. The third-order valence-electron chi connectivity index (χ3n) is 16.1. The maximum atomic E-state index is 10.4. The standard InChI is InChI=1S/C40H40N4O2S.C24H31NO2S.C16H11N3O/c1-6-8-25-44(26-9-7-2)33-21-19-30(37(27-33)45-5)20-22-35-24-23-34(47-35)17-13-14-18-36-38(43-4)39(31(28-41)29-42)46-40(36,3)32-15-11-10-12-16-32;1-4-6-16-25(17-7-5-2)21-12-10-20(24(19-21)27-3)11-13-23-15-14-22(28-23)9-8-18-26;1-11-14(10-19)15(12(8-17)9-18)20-16(11,2)13-6-4-3-5-7-13/h10-24,27H,6-9,25-26H2,1-3,5H3;8-15,18-19H,4-7,16-17H2,1-3H3;3-7H,1-2H3/b17-13+,18-14+,22-20+;9-8+,13-11+;. The van der Waals surface area contributed by atoms with Crippen LogP contribution in [0.25, 0.3) is 41.3 Å². The number of rotatable bonds is 27. The predicted molar refractivity (Wildman–Crippen MR) is 388 cm³/mol. The number of hydrogen-bond acceptors (Lipinski definition) is 14. The van der Waals surface area contributed by atoms with Crippen LogP contribution in [0.15, 0.2) is 191 Å². The predicted octanol–water partition coefficient (Wildman–Crippen LogP) is 19.9. The number of thiophene rings is 2. The molecule has 2 aromatic heterocycles. The lowest BCUT2D eigenvalue weighted by atomic mass is 9.87. The van der Waals surface area contributed by atoms with Gasteiger partial charge in [-0.15, -0.1) is 22.7 Å². The molecule has 2 aliphatic heterocycles. The largest absolute Gasteiger partial charge is 0.496 e. The average molecular weight is 1300 g/mol. The highest BCUT2D eigenvalue weighted by Gasteiger charge is 2.44. The zero-order valence-corrected chi connectivity index (χ0v) is 57.5. The topological polar surface area (TPSA) is 184 Å². The zero-order valence-electron chi connectivity index (χ0n) is 55.8. The summed E-state index contributed by atoms with van der Waals surface area (Å²) < 4.78 is 23.5. The summed E-state index contributed by atoms with van der Waals surface area (Å²) in [6.45, 7) is 26.5. The second-order valence-corrected chi connectivity index (χ2v) is 24.7. The van der Waals surface area contributed by atoms with Gasteiger partial charge in [0.2, 0.25) is 5.70 Å². The number of methoxy groups -OCH3 is 2. The molecular weight excluding hydrogens is 1220 g/mol. The molecule has 4 heterocycles. The molecule has 0 amide bonds. The van der Waals surface area contributed by atoms with Crippen molar-refractivity contribution < 1.29 is 23.7 Å². The lowest BCUT2D eigenvalue weighted by Gasteiger charge is -2.28. The monoisotopic (exact) mass is 1300 g/mol. The third-order valence-corrected chi connectivity index (χ3v) is 18.1. The molecule has 0 N–H and O–H groups in total. The van der Waals surface area contributed by atoms with E-state index in [0.717, 1.165) is 85.7 Å². The van der Waals surface area contributed by atoms with Crippen molar-refractivity contribution in [1.82, 2.24) is 0 Å². The van der Waals surface area contributed by atoms with Gasteiger partial charge in [-0.05, 0) is 154 Å². The summed E-state index contributed by atoms with van der Waals surface area (Å²) in [6, 6.07) is 49.4. The highest BCUT2D eigenvalue weighted by Crippen LogP contribution is 2.48. The molecule has 0 radical (unpaired) electrons. The number of aldehydes is 1. The van der Waals surface area contributed by atoms with E-state index in [1.54, 1.807) is 56.0 Å². The van der Waals surface area contributed by atoms with Crippen molar-refractivity contribution in [3.63, 3.8) is 0 Å². The van der Waals surface area contributed by atoms with Crippen molar-refractivity contribution >= 4 is 76.8 Å². The summed E-state index contributed by atoms with van der Waals surface area (Å²) in [5, 5.41) is 46.3. The van der Waals surface area contributed by atoms with Gasteiger partial charge in [0, 0.05) is 85.9 Å². The number of allylic oxidation sites excluding steroid dienone is 6. The van der Waals surface area contributed by atoms with Gasteiger partial charge in [-0.25, -0.2) is 4.85 Å². The van der Waals surface area contributed by atoms with Gasteiger partial charge in [0.25, 0.3) is 0 Å². The Hall–Kier alpha value is -10.7. The molecule has 95 heavy (non-hydrogen) atoms. The molecule has 2 aliphatic rings. The number of benzene rings is 4. The Morgan fingerprint density at radius 3 is 1.34 bits per heavy atom. The van der Waals surface area contributed by atoms with Crippen LogP contribution in [0.1, 0.15) is 142 Å². The van der Waals surface area contributed by atoms with Crippen LogP contribution in [0.2, 0.25) is 0 Å². The molecule has 484 valence electrons. The van der Waals surface area contributed by atoms with E-state index in [-0.39, 0.29) is 33.9 Å². The summed E-state index contributed by atoms with van der Waals surface area (Å²) >= 11 is 3.32. The van der Waals surface area contributed by atoms with Gasteiger partial charge in [-0.2, -0.15) is 26.3 Å². The Balaban J connectivity index is 0.000000251. The van der Waals surface area contributed by atoms with Crippen molar-refractivity contribution in [2.45, 2.75) is 111 Å². The van der Waals surface area contributed by atoms with Crippen LogP contribution in [0.3, 0.4) is 0 Å². The third kappa shape index (κ3) is 19.5. The maximum absolute atomic E-state index is 10.4. The molecule has 8 rings (SSSR count). The Bertz CT molecular complexity index is 4110. The first-order chi connectivity index (χ1) is 46.2. The first-order valence-corrected chi connectivity index (χ1v) is 33.6. The fourth-order valence-electron chi connectivity index (χ4n) is 10.6. The van der Waals surface area contributed by atoms with Crippen LogP contribution in [0.4, 0.5) is 11.4 Å². The summed E-state index contributed by atoms with van der Waals surface area (Å²) in [6.07, 6.45) is 29.6. The number of unbranched alkanes of at least 4 members (excludes halogenated alkanes) is 4. The normalized spacial score (nSPS) is 15.6. The number of carbonyl (C=O) groups excluding carboxylic acids is 1. The van der Waals surface area contributed by atoms with Gasteiger partial charge in [0.15, 0.2) is 28.3 Å². The summed E-state index contributed by atoms with van der Waals surface area (Å²) in [5.41, 5.74) is 5.68. The van der Waals surface area contributed by atoms with Crippen molar-refractivity contribution in [2.75, 3.05) is 50.2 Å². The molecule has 2 atom stereocenters. The molecule has 0 spiro atoms. The molecule has 0 aliphatic carbocycles. The number of anilines is 2. The van der Waals surface area contributed by atoms with E-state index in [1.807, 2.05) is 129 Å². The Morgan fingerprint density at radius 2 is 0.937 bits per heavy atom. The minimum Gasteiger partial charge on any atom is -0.496 e. The lowest BCUT2D eigenvalue weighted by Crippen LogP contribution is -2.25. The van der Waals surface area contributed by atoms with E-state index in [9.17, 15) is 20.6 Å². The smallest absolute Gasteiger partial charge is 0.237 e. The van der Waals surface area contributed by atoms with Crippen LogP contribution >= 0.6 is 22.7 Å². The van der Waals surface area contributed by atoms with E-state index in [2.05, 4.69) is 121 Å². The summed E-state index contributed by atoms with van der Waals surface area (Å²) in [7, 11) is 3.45. The van der Waals surface area contributed by atoms with Crippen molar-refractivity contribution in [2.24, 2.45) is 0 Å². The van der Waals surface area contributed by atoms with Crippen LogP contribution < -0.4 is 19.3 Å². The fraction of sp³-hybridized carbons (Fsp3) is 0.287. The maximum Gasteiger partial charge on any atom is 0.237 e. The Labute approximate surface area is 570 Å². The van der Waals surface area contributed by atoms with Gasteiger partial charge in [-0.1, -0.05) is 132 Å². The van der Waals surface area contributed by atoms with Crippen molar-refractivity contribution in [1.29, 1.82) is 26.3 Å². The van der Waals surface area contributed by atoms with Crippen LogP contribution in [-0.2, 0) is 25.5 Å². The van der Waals surface area contributed by atoms with Gasteiger partial charge in [0.1, 0.15) is 53.7 Å². The lowest BCUT2D eigenvalue weighted by molar-refractivity contribution is -0.104. The molecule has 4 aromatic carbocycles. The van der Waals surface area contributed by atoms with Crippen molar-refractivity contribution in [3.8, 4) is 41.8 Å². The molecule has 0 bridgehead atoms. The highest BCUT2D eigenvalue weighted by molar-refractivity contribution is 7.14. The van der Waals surface area contributed by atoms with Crippen LogP contribution in [0.5, 0.6) is 11.5 Å². The van der Waals surface area contributed by atoms with E-state index < -0.39 is 11.2 Å². The number of ether oxygens (including phenoxy) is 4.